The molecule has 0 aliphatic heterocycles. The third kappa shape index (κ3) is 11.5. The Morgan fingerprint density at radius 1 is 0.816 bits per heavy atom. The molecule has 4 atom stereocenters. The molecule has 38 heavy (non-hydrogen) atoms. The number of hydrogen-bond donors (Lipinski definition) is 0. The minimum absolute atomic E-state index is 0.0113. The maximum absolute atomic E-state index is 11.0. The van der Waals surface area contributed by atoms with Gasteiger partial charge in [-0.3, -0.25) is 10.1 Å². The summed E-state index contributed by atoms with van der Waals surface area (Å²) in [7, 11) is -8.57. The first kappa shape index (κ1) is 31.3. The zero-order valence-corrected chi connectivity index (χ0v) is 29.2. The lowest BCUT2D eigenvalue weighted by molar-refractivity contribution is -0.384. The summed E-state index contributed by atoms with van der Waals surface area (Å²) in [5.41, 5.74) is 1.15. The molecule has 1 aliphatic rings. The van der Waals surface area contributed by atoms with Crippen LogP contribution >= 0.6 is 0 Å². The molecule has 13 heteroatoms. The van der Waals surface area contributed by atoms with Crippen LogP contribution in [0, 0.1) is 10.1 Å². The Kier molecular flexibility index (Phi) is 10.3. The van der Waals surface area contributed by atoms with E-state index in [0.717, 1.165) is 5.56 Å². The molecule has 0 amide bonds. The molecular formula is C25H48N2O7Si4. The van der Waals surface area contributed by atoms with E-state index in [4.69, 9.17) is 22.5 Å². The van der Waals surface area contributed by atoms with E-state index in [-0.39, 0.29) is 18.4 Å². The molecule has 0 radical (unpaired) electrons. The third-order valence-electron chi connectivity index (χ3n) is 5.05. The van der Waals surface area contributed by atoms with E-state index in [1.165, 1.54) is 12.1 Å². The van der Waals surface area contributed by atoms with E-state index in [1.54, 1.807) is 12.1 Å². The van der Waals surface area contributed by atoms with E-state index in [9.17, 15) is 11.5 Å². The van der Waals surface area contributed by atoms with E-state index in [2.05, 4.69) is 64.1 Å². The third-order valence-corrected chi connectivity index (χ3v) is 8.83. The summed E-state index contributed by atoms with van der Waals surface area (Å²) in [6.07, 6.45) is -2.91. The summed E-state index contributed by atoms with van der Waals surface area (Å²) in [5, 5.41) is 15.5. The lowest BCUT2D eigenvalue weighted by Crippen LogP contribution is -2.64. The van der Waals surface area contributed by atoms with Gasteiger partial charge in [0.25, 0.3) is 5.69 Å². The molecule has 1 fully saturated rings. The second-order valence-corrected chi connectivity index (χ2v) is 31.4. The summed E-state index contributed by atoms with van der Waals surface area (Å²) in [5.74, 6) is 0. The molecule has 2 rings (SSSR count). The molecule has 1 aromatic rings. The average molecular weight is 602 g/mol. The second kappa shape index (κ2) is 12.5. The maximum Gasteiger partial charge on any atom is 0.269 e. The van der Waals surface area contributed by atoms with Crippen LogP contribution in [0.4, 0.5) is 5.69 Å². The van der Waals surface area contributed by atoms with E-state index >= 15 is 0 Å². The maximum atomic E-state index is 11.0. The normalized spacial score (nSPS) is 26.8. The van der Waals surface area contributed by atoms with Crippen LogP contribution in [0.2, 0.25) is 78.6 Å². The van der Waals surface area contributed by atoms with Crippen molar-refractivity contribution in [2.45, 2.75) is 116 Å². The van der Waals surface area contributed by atoms with Crippen molar-refractivity contribution in [3.63, 3.8) is 0 Å². The highest BCUT2D eigenvalue weighted by atomic mass is 28.4. The lowest BCUT2D eigenvalue weighted by atomic mass is 9.88. The van der Waals surface area contributed by atoms with Gasteiger partial charge in [0, 0.05) is 18.6 Å². The fourth-order valence-electron chi connectivity index (χ4n) is 3.95. The van der Waals surface area contributed by atoms with Crippen LogP contribution in [0.15, 0.2) is 29.4 Å². The van der Waals surface area contributed by atoms with Gasteiger partial charge in [-0.15, -0.1) is 0 Å². The molecule has 1 saturated carbocycles. The molecular weight excluding hydrogens is 553 g/mol. The zero-order chi connectivity index (χ0) is 30.0. The number of rotatable bonds is 12. The summed E-state index contributed by atoms with van der Waals surface area (Å²) in [4.78, 5) is 16.3. The molecule has 0 spiro atoms. The van der Waals surface area contributed by atoms with Crippen LogP contribution in [0.5, 0.6) is 0 Å². The number of nitro benzene ring substituents is 1. The summed E-state index contributed by atoms with van der Waals surface area (Å²) in [6.45, 7) is 25.3. The summed E-state index contributed by atoms with van der Waals surface area (Å²) in [6, 6.07) is 6.14. The van der Waals surface area contributed by atoms with Gasteiger partial charge in [-0.1, -0.05) is 5.16 Å². The monoisotopic (exact) mass is 601 g/mol. The van der Waals surface area contributed by atoms with Crippen LogP contribution in [-0.4, -0.2) is 68.3 Å². The van der Waals surface area contributed by atoms with Crippen LogP contribution in [-0.2, 0) is 29.1 Å². The molecule has 216 valence electrons. The average Bonchev–Trinajstić information content (AvgIpc) is 2.70. The number of nitro groups is 1. The number of oxime groups is 1. The Hall–Kier alpha value is -1.20. The van der Waals surface area contributed by atoms with Crippen molar-refractivity contribution in [3.8, 4) is 0 Å². The van der Waals surface area contributed by atoms with Crippen molar-refractivity contribution in [1.29, 1.82) is 0 Å². The fourth-order valence-corrected chi connectivity index (χ4v) is 8.07. The van der Waals surface area contributed by atoms with Gasteiger partial charge in [-0.25, -0.2) is 0 Å². The number of nitrogens with zero attached hydrogens (tertiary/aromatic N) is 2. The minimum Gasteiger partial charge on any atom is -0.412 e. The Morgan fingerprint density at radius 2 is 1.29 bits per heavy atom. The first-order valence-electron chi connectivity index (χ1n) is 13.7. The molecule has 0 aromatic heterocycles. The van der Waals surface area contributed by atoms with Gasteiger partial charge in [0.2, 0.25) is 0 Å². The molecule has 0 bridgehead atoms. The summed E-state index contributed by atoms with van der Waals surface area (Å²) < 4.78 is 36.6. The molecule has 9 nitrogen and oxygen atoms in total. The van der Waals surface area contributed by atoms with Crippen molar-refractivity contribution >= 4 is 44.7 Å². The van der Waals surface area contributed by atoms with Crippen molar-refractivity contribution in [3.05, 3.63) is 39.9 Å². The van der Waals surface area contributed by atoms with Crippen LogP contribution in [0.3, 0.4) is 0 Å². The van der Waals surface area contributed by atoms with Gasteiger partial charge in [-0.05, 0) is 96.3 Å². The SMILES string of the molecule is [2H]C1(O[Si](C)(C)C)/C(=N/OCc2ccc([N+](=O)[O-])cc2)C[C@@H](O[Si](C)(C)C)[C@H](O[Si](C)(C)C)[C@H]1O[Si](C)(C)C. The Labute approximate surface area is 234 Å². The van der Waals surface area contributed by atoms with Crippen molar-refractivity contribution in [2.24, 2.45) is 5.16 Å². The van der Waals surface area contributed by atoms with Gasteiger partial charge in [-0.2, -0.15) is 0 Å². The lowest BCUT2D eigenvalue weighted by Gasteiger charge is -2.49. The van der Waals surface area contributed by atoms with Crippen molar-refractivity contribution in [1.82, 2.24) is 0 Å². The Bertz CT molecular complexity index is 1020. The van der Waals surface area contributed by atoms with Gasteiger partial charge in [0.1, 0.15) is 18.8 Å². The van der Waals surface area contributed by atoms with Crippen molar-refractivity contribution in [2.75, 3.05) is 0 Å². The standard InChI is InChI=1S/C25H48N2O7Si4/c1-35(2,3)31-22-17-21(26-30-18-19-13-15-20(16-14-19)27(28)29)23(32-36(4,5)6)25(34-38(10,11)12)24(22)33-37(7,8)9/h13-16,22-25H,17-18H2,1-12H3/b26-21+/t22-,23?,24+,25+/m1/s1/i23D. The van der Waals surface area contributed by atoms with E-state index < -0.39 is 56.5 Å². The largest absolute Gasteiger partial charge is 0.412 e. The topological polar surface area (TPSA) is 102 Å². The van der Waals surface area contributed by atoms with Gasteiger partial charge >= 0.3 is 0 Å². The molecule has 0 N–H and O–H groups in total. The quantitative estimate of drug-likeness (QED) is 0.148. The van der Waals surface area contributed by atoms with Crippen LogP contribution in [0.1, 0.15) is 13.4 Å². The molecule has 1 aromatic carbocycles. The zero-order valence-electron chi connectivity index (χ0n) is 26.2. The second-order valence-electron chi connectivity index (χ2n) is 13.6. The molecule has 0 heterocycles. The summed E-state index contributed by atoms with van der Waals surface area (Å²) >= 11 is 0. The molecule has 1 unspecified atom stereocenters. The number of benzene rings is 1. The number of hydrogen-bond acceptors (Lipinski definition) is 8. The highest BCUT2D eigenvalue weighted by Crippen LogP contribution is 2.34. The Balaban J connectivity index is 2.58. The van der Waals surface area contributed by atoms with E-state index in [1.807, 2.05) is 19.6 Å². The Morgan fingerprint density at radius 3 is 1.74 bits per heavy atom. The van der Waals surface area contributed by atoms with Gasteiger partial charge < -0.3 is 22.5 Å². The first-order chi connectivity index (χ1) is 17.5. The molecule has 1 aliphatic carbocycles. The van der Waals surface area contributed by atoms with Crippen LogP contribution in [0.25, 0.3) is 0 Å². The minimum atomic E-state index is -2.28. The highest BCUT2D eigenvalue weighted by Gasteiger charge is 2.50. The van der Waals surface area contributed by atoms with Gasteiger partial charge in [0.05, 0.1) is 24.2 Å². The molecule has 0 saturated heterocycles. The predicted octanol–water partition coefficient (Wildman–Crippen LogP) is 6.75. The number of non-ortho nitro benzene ring substituents is 1. The fraction of sp³-hybridized carbons (Fsp3) is 0.720. The van der Waals surface area contributed by atoms with E-state index in [0.29, 0.717) is 12.1 Å². The smallest absolute Gasteiger partial charge is 0.269 e. The van der Waals surface area contributed by atoms with Crippen molar-refractivity contribution < 1.29 is 28.8 Å². The van der Waals surface area contributed by atoms with Gasteiger partial charge in [0.15, 0.2) is 33.3 Å². The van der Waals surface area contributed by atoms with Crippen LogP contribution < -0.4 is 0 Å². The first-order valence-corrected chi connectivity index (χ1v) is 26.8. The predicted molar refractivity (Wildman–Crippen MR) is 163 cm³/mol. The highest BCUT2D eigenvalue weighted by molar-refractivity contribution is 6.71.